The van der Waals surface area contributed by atoms with Gasteiger partial charge in [0.25, 0.3) is 0 Å². The Balaban J connectivity index is 0.00000316. The molecule has 14 nitrogen and oxygen atoms in total. The second kappa shape index (κ2) is 20.6. The van der Waals surface area contributed by atoms with Gasteiger partial charge in [0, 0.05) is 38.9 Å². The number of nitrogens with zero attached hydrogens (tertiary/aromatic N) is 6. The minimum Gasteiger partial charge on any atom is -0.480 e. The van der Waals surface area contributed by atoms with Crippen LogP contribution in [-0.4, -0.2) is 117 Å². The molecule has 240 valence electrons. The fraction of sp³-hybridized carbons (Fsp3) is 0.607. The molecule has 1 fully saturated rings. The minimum atomic E-state index is -0.421. The lowest BCUT2D eigenvalue weighted by molar-refractivity contribution is -0.111. The van der Waals surface area contributed by atoms with Gasteiger partial charge in [0.15, 0.2) is 5.16 Å². The number of hydrogen-bond donors (Lipinski definition) is 2. The number of piperazine rings is 1. The first kappa shape index (κ1) is 36.0. The van der Waals surface area contributed by atoms with Crippen LogP contribution in [0.4, 0.5) is 17.6 Å². The Kier molecular flexibility index (Phi) is 17.2. The summed E-state index contributed by atoms with van der Waals surface area (Å²) >= 11 is 1.11. The van der Waals surface area contributed by atoms with Crippen LogP contribution in [0.5, 0.6) is 11.8 Å². The number of carbonyl (C=O) groups excluding carboxylic acids is 1. The standard InChI is InChI=1S/C26H40N8O6S.C2H6/c1-5-11-37-12-13-38-14-15-39-16-17-40-24-22(41-26-28-19(27)18-20(30-26)29-21(35)6-2)23(36-4)31-25(32-24)34-9-7-33(3)8-10-34;1-2/h6,18H,2,5,7-17H2,1,3-4H3,(H3,27,28,29,30,35);1-2H3. The molecule has 0 spiro atoms. The van der Waals surface area contributed by atoms with Gasteiger partial charge in [-0.2, -0.15) is 9.97 Å². The number of anilines is 3. The average molecular weight is 623 g/mol. The maximum absolute atomic E-state index is 11.8. The lowest BCUT2D eigenvalue weighted by atomic mass is 10.3. The van der Waals surface area contributed by atoms with Crippen LogP contribution in [0.3, 0.4) is 0 Å². The molecule has 0 aromatic carbocycles. The monoisotopic (exact) mass is 622 g/mol. The number of likely N-dealkylation sites (N-methyl/N-ethyl adjacent to an activating group) is 1. The highest BCUT2D eigenvalue weighted by molar-refractivity contribution is 7.99. The second-order valence-electron chi connectivity index (χ2n) is 8.90. The molecule has 0 aliphatic carbocycles. The second-order valence-corrected chi connectivity index (χ2v) is 9.88. The van der Waals surface area contributed by atoms with E-state index in [1.54, 1.807) is 0 Å². The van der Waals surface area contributed by atoms with Crippen LogP contribution in [0.2, 0.25) is 0 Å². The normalized spacial score (nSPS) is 13.2. The van der Waals surface area contributed by atoms with Crippen molar-refractivity contribution in [3.05, 3.63) is 18.7 Å². The zero-order valence-electron chi connectivity index (χ0n) is 26.0. The summed E-state index contributed by atoms with van der Waals surface area (Å²) in [6.45, 7) is 16.1. The van der Waals surface area contributed by atoms with Gasteiger partial charge in [0.1, 0.15) is 23.1 Å². The quantitative estimate of drug-likeness (QED) is 0.142. The van der Waals surface area contributed by atoms with Gasteiger partial charge < -0.3 is 44.5 Å². The fourth-order valence-electron chi connectivity index (χ4n) is 3.58. The third kappa shape index (κ3) is 12.9. The van der Waals surface area contributed by atoms with Crippen molar-refractivity contribution in [3.63, 3.8) is 0 Å². The Morgan fingerprint density at radius 3 is 2.19 bits per heavy atom. The van der Waals surface area contributed by atoms with Crippen molar-refractivity contribution in [3.8, 4) is 11.8 Å². The van der Waals surface area contributed by atoms with Crippen molar-refractivity contribution < 1.29 is 28.5 Å². The van der Waals surface area contributed by atoms with Gasteiger partial charge >= 0.3 is 0 Å². The highest BCUT2D eigenvalue weighted by Crippen LogP contribution is 2.40. The summed E-state index contributed by atoms with van der Waals surface area (Å²) in [5.74, 6) is 1.08. The van der Waals surface area contributed by atoms with Gasteiger partial charge in [-0.25, -0.2) is 9.97 Å². The molecule has 0 unspecified atom stereocenters. The van der Waals surface area contributed by atoms with E-state index < -0.39 is 5.91 Å². The molecule has 1 aliphatic heterocycles. The summed E-state index contributed by atoms with van der Waals surface area (Å²) in [4.78, 5) is 34.6. The molecule has 15 heteroatoms. The minimum absolute atomic E-state index is 0.172. The maximum Gasteiger partial charge on any atom is 0.248 e. The Morgan fingerprint density at radius 2 is 1.58 bits per heavy atom. The highest BCUT2D eigenvalue weighted by atomic mass is 32.2. The molecule has 1 amide bonds. The van der Waals surface area contributed by atoms with Gasteiger partial charge in [0.2, 0.25) is 23.6 Å². The molecule has 3 rings (SSSR count). The highest BCUT2D eigenvalue weighted by Gasteiger charge is 2.24. The summed E-state index contributed by atoms with van der Waals surface area (Å²) in [6.07, 6.45) is 2.13. The van der Waals surface area contributed by atoms with E-state index in [4.69, 9.17) is 34.4 Å². The summed E-state index contributed by atoms with van der Waals surface area (Å²) in [5.41, 5.74) is 5.97. The lowest BCUT2D eigenvalue weighted by Crippen LogP contribution is -2.45. The molecular formula is C28H46N8O6S. The number of rotatable bonds is 18. The van der Waals surface area contributed by atoms with E-state index >= 15 is 0 Å². The summed E-state index contributed by atoms with van der Waals surface area (Å²) in [6, 6.07) is 1.45. The summed E-state index contributed by atoms with van der Waals surface area (Å²) in [7, 11) is 3.60. The van der Waals surface area contributed by atoms with Crippen LogP contribution >= 0.6 is 11.8 Å². The largest absolute Gasteiger partial charge is 0.480 e. The van der Waals surface area contributed by atoms with Crippen molar-refractivity contribution in [2.75, 3.05) is 103 Å². The molecule has 2 aromatic rings. The third-order valence-electron chi connectivity index (χ3n) is 5.69. The van der Waals surface area contributed by atoms with E-state index in [-0.39, 0.29) is 23.4 Å². The van der Waals surface area contributed by atoms with E-state index in [9.17, 15) is 4.79 Å². The molecule has 0 bridgehead atoms. The van der Waals surface area contributed by atoms with E-state index in [0.29, 0.717) is 55.6 Å². The van der Waals surface area contributed by atoms with Gasteiger partial charge in [0.05, 0.1) is 40.1 Å². The molecule has 1 aliphatic rings. The van der Waals surface area contributed by atoms with Crippen LogP contribution in [-0.2, 0) is 19.0 Å². The Morgan fingerprint density at radius 1 is 0.977 bits per heavy atom. The summed E-state index contributed by atoms with van der Waals surface area (Å²) < 4.78 is 28.3. The molecule has 0 radical (unpaired) electrons. The molecule has 3 N–H and O–H groups in total. The van der Waals surface area contributed by atoms with Crippen molar-refractivity contribution in [2.45, 2.75) is 37.2 Å². The number of nitrogen functional groups attached to an aromatic ring is 1. The van der Waals surface area contributed by atoms with Crippen molar-refractivity contribution in [2.24, 2.45) is 0 Å². The van der Waals surface area contributed by atoms with Crippen LogP contribution in [0.25, 0.3) is 0 Å². The Labute approximate surface area is 258 Å². The molecule has 1 saturated heterocycles. The first-order valence-corrected chi connectivity index (χ1v) is 15.3. The molecule has 3 heterocycles. The fourth-order valence-corrected chi connectivity index (χ4v) is 4.46. The third-order valence-corrected chi connectivity index (χ3v) is 6.60. The van der Waals surface area contributed by atoms with E-state index in [1.807, 2.05) is 13.8 Å². The Hall–Kier alpha value is -3.24. The van der Waals surface area contributed by atoms with Crippen molar-refractivity contribution in [1.29, 1.82) is 0 Å². The van der Waals surface area contributed by atoms with E-state index in [2.05, 4.69) is 50.6 Å². The molecule has 0 atom stereocenters. The number of nitrogens with one attached hydrogen (secondary N) is 1. The number of hydrogen-bond acceptors (Lipinski definition) is 14. The lowest BCUT2D eigenvalue weighted by Gasteiger charge is -2.32. The molecule has 2 aromatic heterocycles. The number of aromatic nitrogens is 4. The zero-order valence-corrected chi connectivity index (χ0v) is 26.8. The van der Waals surface area contributed by atoms with Crippen LogP contribution < -0.4 is 25.4 Å². The number of methoxy groups -OCH3 is 1. The smallest absolute Gasteiger partial charge is 0.248 e. The average Bonchev–Trinajstić information content (AvgIpc) is 3.01. The predicted octanol–water partition coefficient (Wildman–Crippen LogP) is 2.75. The van der Waals surface area contributed by atoms with Gasteiger partial charge in [-0.15, -0.1) is 0 Å². The number of ether oxygens (including phenoxy) is 5. The molecule has 43 heavy (non-hydrogen) atoms. The predicted molar refractivity (Wildman–Crippen MR) is 167 cm³/mol. The van der Waals surface area contributed by atoms with Crippen LogP contribution in [0.1, 0.15) is 27.2 Å². The first-order valence-electron chi connectivity index (χ1n) is 14.4. The topological polar surface area (TPSA) is 159 Å². The van der Waals surface area contributed by atoms with Gasteiger partial charge in [-0.1, -0.05) is 27.4 Å². The van der Waals surface area contributed by atoms with Crippen LogP contribution in [0, 0.1) is 0 Å². The maximum atomic E-state index is 11.8. The number of nitrogens with two attached hydrogens (primary N) is 1. The first-order chi connectivity index (χ1) is 20.9. The van der Waals surface area contributed by atoms with Crippen molar-refractivity contribution >= 4 is 35.3 Å². The van der Waals surface area contributed by atoms with Gasteiger partial charge in [-0.05, 0) is 31.3 Å². The summed E-state index contributed by atoms with van der Waals surface area (Å²) in [5, 5.41) is 2.84. The van der Waals surface area contributed by atoms with Gasteiger partial charge in [-0.3, -0.25) is 4.79 Å². The SMILES string of the molecule is C=CC(=O)Nc1cc(N)nc(Sc2c(OC)nc(N3CCN(C)CC3)nc2OCCOCCOCCOCCC)n1.CC. The van der Waals surface area contributed by atoms with Crippen LogP contribution in [0.15, 0.2) is 28.8 Å². The molecular weight excluding hydrogens is 576 g/mol. The number of amides is 1. The van der Waals surface area contributed by atoms with E-state index in [0.717, 1.165) is 57.0 Å². The number of carbonyl (C=O) groups is 1. The van der Waals surface area contributed by atoms with E-state index in [1.165, 1.54) is 13.2 Å². The molecule has 0 saturated carbocycles. The van der Waals surface area contributed by atoms with Crippen molar-refractivity contribution in [1.82, 2.24) is 24.8 Å². The zero-order chi connectivity index (χ0) is 31.5. The Bertz CT molecular complexity index is 1120.